The number of unbranched alkanes of at least 4 members (excludes halogenated alkanes) is 1. The number of nitrogens with one attached hydrogen (secondary N) is 1. The summed E-state index contributed by atoms with van der Waals surface area (Å²) in [6.07, 6.45) is 8.30. The van der Waals surface area contributed by atoms with Gasteiger partial charge in [0, 0.05) is 19.1 Å². The van der Waals surface area contributed by atoms with Gasteiger partial charge >= 0.3 is 0 Å². The Kier molecular flexibility index (Phi) is 7.06. The van der Waals surface area contributed by atoms with Crippen molar-refractivity contribution in [2.45, 2.75) is 58.4 Å². The molecule has 0 heterocycles. The van der Waals surface area contributed by atoms with E-state index in [9.17, 15) is 0 Å². The van der Waals surface area contributed by atoms with Crippen molar-refractivity contribution >= 4 is 0 Å². The van der Waals surface area contributed by atoms with Gasteiger partial charge in [0.2, 0.25) is 0 Å². The maximum atomic E-state index is 3.53. The summed E-state index contributed by atoms with van der Waals surface area (Å²) in [4.78, 5) is 2.56. The van der Waals surface area contributed by atoms with E-state index in [-0.39, 0.29) is 0 Å². The molecule has 1 saturated carbocycles. The molecule has 2 heteroatoms. The van der Waals surface area contributed by atoms with Gasteiger partial charge in [-0.3, -0.25) is 0 Å². The summed E-state index contributed by atoms with van der Waals surface area (Å²) >= 11 is 0. The van der Waals surface area contributed by atoms with E-state index in [1.165, 1.54) is 51.6 Å². The van der Waals surface area contributed by atoms with Gasteiger partial charge in [0.1, 0.15) is 0 Å². The van der Waals surface area contributed by atoms with Crippen LogP contribution in [0.1, 0.15) is 52.4 Å². The highest BCUT2D eigenvalue weighted by molar-refractivity contribution is 4.77. The van der Waals surface area contributed by atoms with E-state index in [2.05, 4.69) is 31.1 Å². The van der Waals surface area contributed by atoms with Crippen LogP contribution in [-0.2, 0) is 0 Å². The molecule has 1 aliphatic carbocycles. The number of hydrogen-bond acceptors (Lipinski definition) is 2. The minimum atomic E-state index is 0.844. The second-order valence-corrected chi connectivity index (χ2v) is 5.51. The SMILES string of the molecule is CCCCNCCN(C)C1CCCC(C)C1. The third kappa shape index (κ3) is 5.31. The topological polar surface area (TPSA) is 15.3 Å². The first-order valence-corrected chi connectivity index (χ1v) is 7.15. The van der Waals surface area contributed by atoms with E-state index in [1.54, 1.807) is 0 Å². The maximum absolute atomic E-state index is 3.53. The van der Waals surface area contributed by atoms with Crippen LogP contribution in [-0.4, -0.2) is 37.6 Å². The summed E-state index contributed by atoms with van der Waals surface area (Å²) in [7, 11) is 2.30. The monoisotopic (exact) mass is 226 g/mol. The molecule has 0 aromatic carbocycles. The van der Waals surface area contributed by atoms with Crippen LogP contribution in [0, 0.1) is 5.92 Å². The van der Waals surface area contributed by atoms with Crippen LogP contribution < -0.4 is 5.32 Å². The van der Waals surface area contributed by atoms with Crippen molar-refractivity contribution in [2.24, 2.45) is 5.92 Å². The molecule has 96 valence electrons. The second-order valence-electron chi connectivity index (χ2n) is 5.51. The van der Waals surface area contributed by atoms with Crippen molar-refractivity contribution in [1.29, 1.82) is 0 Å². The third-order valence-corrected chi connectivity index (χ3v) is 3.88. The molecule has 2 atom stereocenters. The first-order valence-electron chi connectivity index (χ1n) is 7.15. The van der Waals surface area contributed by atoms with E-state index in [1.807, 2.05) is 0 Å². The first kappa shape index (κ1) is 14.0. The molecular weight excluding hydrogens is 196 g/mol. The van der Waals surface area contributed by atoms with Crippen molar-refractivity contribution in [2.75, 3.05) is 26.7 Å². The molecule has 1 aliphatic rings. The summed E-state index contributed by atoms with van der Waals surface area (Å²) in [6.45, 7) is 8.20. The molecule has 0 aliphatic heterocycles. The molecule has 16 heavy (non-hydrogen) atoms. The maximum Gasteiger partial charge on any atom is 0.0107 e. The van der Waals surface area contributed by atoms with Gasteiger partial charge < -0.3 is 10.2 Å². The fourth-order valence-corrected chi connectivity index (χ4v) is 2.67. The molecule has 1 N–H and O–H groups in total. The minimum absolute atomic E-state index is 0.844. The summed E-state index contributed by atoms with van der Waals surface area (Å²) in [5, 5.41) is 3.53. The Labute approximate surface area is 102 Å². The predicted molar refractivity (Wildman–Crippen MR) is 71.8 cm³/mol. The Morgan fingerprint density at radius 3 is 2.75 bits per heavy atom. The predicted octanol–water partition coefficient (Wildman–Crippen LogP) is 2.89. The summed E-state index contributed by atoms with van der Waals surface area (Å²) < 4.78 is 0. The summed E-state index contributed by atoms with van der Waals surface area (Å²) in [5.41, 5.74) is 0. The highest BCUT2D eigenvalue weighted by Crippen LogP contribution is 2.26. The lowest BCUT2D eigenvalue weighted by Crippen LogP contribution is -2.39. The molecule has 1 fully saturated rings. The highest BCUT2D eigenvalue weighted by atomic mass is 15.1. The third-order valence-electron chi connectivity index (χ3n) is 3.88. The van der Waals surface area contributed by atoms with Crippen LogP contribution in [0.4, 0.5) is 0 Å². The molecule has 0 spiro atoms. The smallest absolute Gasteiger partial charge is 0.0107 e. The van der Waals surface area contributed by atoms with Gasteiger partial charge in [0.15, 0.2) is 0 Å². The summed E-state index contributed by atoms with van der Waals surface area (Å²) in [5.74, 6) is 0.939. The van der Waals surface area contributed by atoms with E-state index >= 15 is 0 Å². The van der Waals surface area contributed by atoms with Crippen LogP contribution in [0.25, 0.3) is 0 Å². The Morgan fingerprint density at radius 2 is 2.06 bits per heavy atom. The number of likely N-dealkylation sites (N-methyl/N-ethyl adjacent to an activating group) is 1. The normalized spacial score (nSPS) is 26.2. The largest absolute Gasteiger partial charge is 0.315 e. The van der Waals surface area contributed by atoms with E-state index in [0.717, 1.165) is 18.5 Å². The van der Waals surface area contributed by atoms with Gasteiger partial charge in [-0.25, -0.2) is 0 Å². The molecule has 0 radical (unpaired) electrons. The standard InChI is InChI=1S/C14H30N2/c1-4-5-9-15-10-11-16(3)14-8-6-7-13(2)12-14/h13-15H,4-12H2,1-3H3. The van der Waals surface area contributed by atoms with Gasteiger partial charge in [-0.1, -0.05) is 33.1 Å². The molecule has 1 rings (SSSR count). The zero-order chi connectivity index (χ0) is 11.8. The molecule has 2 nitrogen and oxygen atoms in total. The van der Waals surface area contributed by atoms with Crippen molar-refractivity contribution in [3.05, 3.63) is 0 Å². The number of hydrogen-bond donors (Lipinski definition) is 1. The van der Waals surface area contributed by atoms with Crippen molar-refractivity contribution in [3.8, 4) is 0 Å². The van der Waals surface area contributed by atoms with Crippen LogP contribution in [0.3, 0.4) is 0 Å². The summed E-state index contributed by atoms with van der Waals surface area (Å²) in [6, 6.07) is 0.844. The van der Waals surface area contributed by atoms with E-state index < -0.39 is 0 Å². The van der Waals surface area contributed by atoms with Crippen LogP contribution in [0.5, 0.6) is 0 Å². The fraction of sp³-hybridized carbons (Fsp3) is 1.00. The Morgan fingerprint density at radius 1 is 1.25 bits per heavy atom. The molecular formula is C14H30N2. The van der Waals surface area contributed by atoms with Crippen molar-refractivity contribution in [3.63, 3.8) is 0 Å². The zero-order valence-corrected chi connectivity index (χ0v) is 11.5. The average molecular weight is 226 g/mol. The van der Waals surface area contributed by atoms with Crippen molar-refractivity contribution < 1.29 is 0 Å². The molecule has 0 aromatic heterocycles. The van der Waals surface area contributed by atoms with Crippen LogP contribution in [0.15, 0.2) is 0 Å². The number of nitrogens with zero attached hydrogens (tertiary/aromatic N) is 1. The first-order chi connectivity index (χ1) is 7.74. The lowest BCUT2D eigenvalue weighted by atomic mass is 9.86. The Hall–Kier alpha value is -0.0800. The minimum Gasteiger partial charge on any atom is -0.315 e. The quantitative estimate of drug-likeness (QED) is 0.672. The molecule has 0 amide bonds. The average Bonchev–Trinajstić information content (AvgIpc) is 2.28. The van der Waals surface area contributed by atoms with E-state index in [0.29, 0.717) is 0 Å². The number of rotatable bonds is 7. The zero-order valence-electron chi connectivity index (χ0n) is 11.5. The van der Waals surface area contributed by atoms with Crippen LogP contribution >= 0.6 is 0 Å². The van der Waals surface area contributed by atoms with Crippen LogP contribution in [0.2, 0.25) is 0 Å². The van der Waals surface area contributed by atoms with E-state index in [4.69, 9.17) is 0 Å². The molecule has 0 bridgehead atoms. The molecule has 0 aromatic rings. The molecule has 2 unspecified atom stereocenters. The van der Waals surface area contributed by atoms with Gasteiger partial charge in [-0.05, 0) is 38.8 Å². The van der Waals surface area contributed by atoms with Gasteiger partial charge in [-0.15, -0.1) is 0 Å². The van der Waals surface area contributed by atoms with Gasteiger partial charge in [0.05, 0.1) is 0 Å². The second kappa shape index (κ2) is 8.08. The Bertz CT molecular complexity index is 170. The highest BCUT2D eigenvalue weighted by Gasteiger charge is 2.21. The Balaban J connectivity index is 2.06. The lowest BCUT2D eigenvalue weighted by molar-refractivity contribution is 0.165. The fourth-order valence-electron chi connectivity index (χ4n) is 2.67. The van der Waals surface area contributed by atoms with Gasteiger partial charge in [-0.2, -0.15) is 0 Å². The molecule has 0 saturated heterocycles. The van der Waals surface area contributed by atoms with Crippen molar-refractivity contribution in [1.82, 2.24) is 10.2 Å². The van der Waals surface area contributed by atoms with Gasteiger partial charge in [0.25, 0.3) is 0 Å². The lowest BCUT2D eigenvalue weighted by Gasteiger charge is -2.34.